The second-order valence-electron chi connectivity index (χ2n) is 6.91. The summed E-state index contributed by atoms with van der Waals surface area (Å²) in [6, 6.07) is 16.9. The van der Waals surface area contributed by atoms with E-state index >= 15 is 0 Å². The number of thiophene rings is 2. The van der Waals surface area contributed by atoms with Crippen molar-refractivity contribution in [1.82, 2.24) is 4.98 Å². The first-order valence-electron chi connectivity index (χ1n) is 9.88. The molecule has 166 valence electrons. The van der Waals surface area contributed by atoms with E-state index in [0.717, 1.165) is 16.1 Å². The van der Waals surface area contributed by atoms with Crippen LogP contribution in [0.5, 0.6) is 11.5 Å². The maximum Gasteiger partial charge on any atom is 0.215 e. The highest BCUT2D eigenvalue weighted by molar-refractivity contribution is 7.21. The smallest absolute Gasteiger partial charge is 0.215 e. The van der Waals surface area contributed by atoms with E-state index in [1.807, 2.05) is 42.5 Å². The lowest BCUT2D eigenvalue weighted by Gasteiger charge is -2.10. The Labute approximate surface area is 199 Å². The number of carbonyl (C=O) groups is 1. The van der Waals surface area contributed by atoms with Crippen LogP contribution >= 0.6 is 22.7 Å². The summed E-state index contributed by atoms with van der Waals surface area (Å²) in [5, 5.41) is 13.4. The summed E-state index contributed by atoms with van der Waals surface area (Å²) in [7, 11) is 3.15. The minimum Gasteiger partial charge on any atom is -0.493 e. The third-order valence-electron chi connectivity index (χ3n) is 4.91. The molecule has 9 heteroatoms. The zero-order chi connectivity index (χ0) is 23.4. The van der Waals surface area contributed by atoms with Crippen molar-refractivity contribution in [3.05, 3.63) is 75.6 Å². The van der Waals surface area contributed by atoms with Crippen LogP contribution in [0.2, 0.25) is 0 Å². The molecule has 0 saturated heterocycles. The molecule has 0 amide bonds. The number of rotatable bonds is 8. The standard InChI is InChI=1S/C24H20N4O3S2/c1-30-17-7-6-14(11-18(17)31-2)13-28-24-15(12-25)21(26)23(33-24)22(29)20-9-8-19(32-20)16-5-3-4-10-27-16/h3-11,28H,13,26H2,1-2H3. The Balaban J connectivity index is 1.57. The van der Waals surface area contributed by atoms with Crippen molar-refractivity contribution >= 4 is 39.1 Å². The van der Waals surface area contributed by atoms with Gasteiger partial charge in [0.1, 0.15) is 21.5 Å². The highest BCUT2D eigenvalue weighted by Crippen LogP contribution is 2.39. The number of nitrogen functional groups attached to an aromatic ring is 1. The van der Waals surface area contributed by atoms with E-state index in [2.05, 4.69) is 16.4 Å². The molecule has 0 unspecified atom stereocenters. The SMILES string of the molecule is COc1ccc(CNc2sc(C(=O)c3ccc(-c4ccccn4)s3)c(N)c2C#N)cc1OC. The van der Waals surface area contributed by atoms with E-state index in [1.54, 1.807) is 26.5 Å². The molecule has 0 atom stereocenters. The van der Waals surface area contributed by atoms with Crippen LogP contribution in [0.15, 0.2) is 54.7 Å². The number of nitrogens with zero attached hydrogens (tertiary/aromatic N) is 2. The fourth-order valence-corrected chi connectivity index (χ4v) is 5.25. The molecule has 7 nitrogen and oxygen atoms in total. The number of carbonyl (C=O) groups excluding carboxylic acids is 1. The number of ether oxygens (including phenoxy) is 2. The molecule has 33 heavy (non-hydrogen) atoms. The Morgan fingerprint density at radius 2 is 1.94 bits per heavy atom. The summed E-state index contributed by atoms with van der Waals surface area (Å²) in [5.41, 5.74) is 8.39. The Morgan fingerprint density at radius 3 is 2.64 bits per heavy atom. The van der Waals surface area contributed by atoms with E-state index in [-0.39, 0.29) is 17.0 Å². The van der Waals surface area contributed by atoms with Crippen molar-refractivity contribution in [2.75, 3.05) is 25.3 Å². The molecule has 0 fully saturated rings. The quantitative estimate of drug-likeness (QED) is 0.337. The second-order valence-corrected chi connectivity index (χ2v) is 9.02. The van der Waals surface area contributed by atoms with Gasteiger partial charge in [-0.3, -0.25) is 9.78 Å². The van der Waals surface area contributed by atoms with Gasteiger partial charge in [0, 0.05) is 12.7 Å². The van der Waals surface area contributed by atoms with Gasteiger partial charge in [0.2, 0.25) is 5.78 Å². The van der Waals surface area contributed by atoms with Gasteiger partial charge in [-0.25, -0.2) is 0 Å². The van der Waals surface area contributed by atoms with E-state index in [1.165, 1.54) is 22.7 Å². The molecule has 0 aliphatic heterocycles. The molecule has 3 aromatic heterocycles. The van der Waals surface area contributed by atoms with Crippen LogP contribution in [0.4, 0.5) is 10.7 Å². The third kappa shape index (κ3) is 4.53. The Bertz CT molecular complexity index is 1340. The largest absolute Gasteiger partial charge is 0.493 e. The average Bonchev–Trinajstić information content (AvgIpc) is 3.47. The number of nitriles is 1. The molecular formula is C24H20N4O3S2. The molecule has 1 aromatic carbocycles. The average molecular weight is 477 g/mol. The summed E-state index contributed by atoms with van der Waals surface area (Å²) < 4.78 is 10.6. The highest BCUT2D eigenvalue weighted by atomic mass is 32.1. The lowest BCUT2D eigenvalue weighted by Crippen LogP contribution is -2.01. The predicted molar refractivity (Wildman–Crippen MR) is 131 cm³/mol. The topological polar surface area (TPSA) is 110 Å². The lowest BCUT2D eigenvalue weighted by atomic mass is 10.2. The molecule has 0 spiro atoms. The number of nitrogens with one attached hydrogen (secondary N) is 1. The van der Waals surface area contributed by atoms with E-state index in [9.17, 15) is 10.1 Å². The minimum absolute atomic E-state index is 0.190. The first-order chi connectivity index (χ1) is 16.0. The predicted octanol–water partition coefficient (Wildman–Crippen LogP) is 5.19. The Hall–Kier alpha value is -3.87. The van der Waals surface area contributed by atoms with Crippen LogP contribution in [-0.2, 0) is 6.54 Å². The minimum atomic E-state index is -0.208. The van der Waals surface area contributed by atoms with Crippen LogP contribution in [0.1, 0.15) is 25.7 Å². The number of hydrogen-bond acceptors (Lipinski definition) is 9. The van der Waals surface area contributed by atoms with Gasteiger partial charge in [-0.1, -0.05) is 12.1 Å². The molecule has 0 bridgehead atoms. The maximum atomic E-state index is 13.2. The van der Waals surface area contributed by atoms with Crippen molar-refractivity contribution in [2.45, 2.75) is 6.54 Å². The van der Waals surface area contributed by atoms with Gasteiger partial charge in [-0.05, 0) is 42.0 Å². The molecule has 0 aliphatic carbocycles. The van der Waals surface area contributed by atoms with Crippen LogP contribution in [0.25, 0.3) is 10.6 Å². The zero-order valence-corrected chi connectivity index (χ0v) is 19.5. The van der Waals surface area contributed by atoms with E-state index in [0.29, 0.717) is 32.8 Å². The van der Waals surface area contributed by atoms with E-state index < -0.39 is 0 Å². The number of nitrogens with two attached hydrogens (primary N) is 1. The number of anilines is 2. The summed E-state index contributed by atoms with van der Waals surface area (Å²) in [4.78, 5) is 19.3. The first kappa shape index (κ1) is 22.3. The Morgan fingerprint density at radius 1 is 1.12 bits per heavy atom. The number of ketones is 1. The van der Waals surface area contributed by atoms with Crippen molar-refractivity contribution in [1.29, 1.82) is 5.26 Å². The van der Waals surface area contributed by atoms with Crippen LogP contribution in [-0.4, -0.2) is 25.0 Å². The van der Waals surface area contributed by atoms with Gasteiger partial charge in [-0.15, -0.1) is 22.7 Å². The molecule has 0 radical (unpaired) electrons. The van der Waals surface area contributed by atoms with Gasteiger partial charge in [-0.2, -0.15) is 5.26 Å². The van der Waals surface area contributed by atoms with Crippen LogP contribution in [0.3, 0.4) is 0 Å². The lowest BCUT2D eigenvalue weighted by molar-refractivity contribution is 0.104. The van der Waals surface area contributed by atoms with Crippen molar-refractivity contribution in [2.24, 2.45) is 0 Å². The fourth-order valence-electron chi connectivity index (χ4n) is 3.24. The highest BCUT2D eigenvalue weighted by Gasteiger charge is 2.23. The van der Waals surface area contributed by atoms with Crippen molar-refractivity contribution in [3.63, 3.8) is 0 Å². The number of benzene rings is 1. The summed E-state index contributed by atoms with van der Waals surface area (Å²) in [6.07, 6.45) is 1.71. The first-order valence-corrected chi connectivity index (χ1v) is 11.5. The maximum absolute atomic E-state index is 13.2. The number of hydrogen-bond donors (Lipinski definition) is 2. The van der Waals surface area contributed by atoms with E-state index in [4.69, 9.17) is 15.2 Å². The van der Waals surface area contributed by atoms with Crippen molar-refractivity contribution < 1.29 is 14.3 Å². The molecule has 0 aliphatic rings. The summed E-state index contributed by atoms with van der Waals surface area (Å²) in [6.45, 7) is 0.422. The van der Waals surface area contributed by atoms with Crippen molar-refractivity contribution in [3.8, 4) is 28.1 Å². The van der Waals surface area contributed by atoms with Gasteiger partial charge < -0.3 is 20.5 Å². The second kappa shape index (κ2) is 9.73. The van der Waals surface area contributed by atoms with Gasteiger partial charge in [0.05, 0.1) is 35.4 Å². The summed E-state index contributed by atoms with van der Waals surface area (Å²) in [5.74, 6) is 1.04. The molecule has 4 rings (SSSR count). The van der Waals surface area contributed by atoms with Gasteiger partial charge in [0.25, 0.3) is 0 Å². The van der Waals surface area contributed by atoms with Gasteiger partial charge >= 0.3 is 0 Å². The number of aromatic nitrogens is 1. The molecule has 3 heterocycles. The van der Waals surface area contributed by atoms with Gasteiger partial charge in [0.15, 0.2) is 11.5 Å². The number of methoxy groups -OCH3 is 2. The molecule has 0 saturated carbocycles. The van der Waals surface area contributed by atoms with Crippen LogP contribution < -0.4 is 20.5 Å². The third-order valence-corrected chi connectivity index (χ3v) is 7.18. The monoisotopic (exact) mass is 476 g/mol. The zero-order valence-electron chi connectivity index (χ0n) is 17.9. The van der Waals surface area contributed by atoms with Crippen LogP contribution in [0, 0.1) is 11.3 Å². The molecular weight excluding hydrogens is 456 g/mol. The normalized spacial score (nSPS) is 10.5. The molecule has 3 N–H and O–H groups in total. The fraction of sp³-hybridized carbons (Fsp3) is 0.125. The number of pyridine rings is 1. The Kier molecular flexibility index (Phi) is 6.58. The summed E-state index contributed by atoms with van der Waals surface area (Å²) >= 11 is 2.53. The molecule has 4 aromatic rings.